The normalized spacial score (nSPS) is 29.9. The molecule has 0 unspecified atom stereocenters. The van der Waals surface area contributed by atoms with Gasteiger partial charge in [-0.1, -0.05) is 84.4 Å². The lowest BCUT2D eigenvalue weighted by atomic mass is 9.44. The van der Waals surface area contributed by atoms with Crippen molar-refractivity contribution >= 4 is 29.0 Å². The molecule has 222 valence electrons. The first-order valence-electron chi connectivity index (χ1n) is 15.3. The molecule has 0 aromatic heterocycles. The maximum Gasteiger partial charge on any atom is 0.234 e. The highest BCUT2D eigenvalue weighted by molar-refractivity contribution is 6.31. The Bertz CT molecular complexity index is 1750. The van der Waals surface area contributed by atoms with E-state index in [4.69, 9.17) is 0 Å². The van der Waals surface area contributed by atoms with Gasteiger partial charge in [0.25, 0.3) is 0 Å². The predicted molar refractivity (Wildman–Crippen MR) is 166 cm³/mol. The molecule has 1 N–H and O–H groups in total. The van der Waals surface area contributed by atoms with Crippen LogP contribution in [0.4, 0.5) is 0 Å². The average Bonchev–Trinajstić information content (AvgIpc) is 3.29. The molecule has 2 amide bonds. The number of likely N-dealkylation sites (tertiary alicyclic amines) is 1. The SMILES string of the molecule is CC(C)(C)N1C(=O)[C@H]2[C@H](CC=C3[C@H]2C[C@H]2C(=O)C(c4ccccc4)=CC(=O)[C@@]2(c2ccccc2)[C@H]3c2ccc(O)cc2)C1=O. The van der Waals surface area contributed by atoms with Crippen molar-refractivity contribution in [2.75, 3.05) is 0 Å². The molecular weight excluding hydrogens is 550 g/mol. The first kappa shape index (κ1) is 28.2. The Morgan fingerprint density at radius 3 is 2.07 bits per heavy atom. The second kappa shape index (κ2) is 9.98. The number of nitrogens with zero attached hydrogens (tertiary/aromatic N) is 1. The van der Waals surface area contributed by atoms with Crippen LogP contribution in [0.15, 0.2) is 103 Å². The molecule has 0 radical (unpaired) electrons. The van der Waals surface area contributed by atoms with Crippen molar-refractivity contribution in [3.05, 3.63) is 119 Å². The second-order valence-electron chi connectivity index (χ2n) is 13.6. The van der Waals surface area contributed by atoms with Gasteiger partial charge in [-0.25, -0.2) is 0 Å². The van der Waals surface area contributed by atoms with E-state index in [0.717, 1.165) is 16.7 Å². The largest absolute Gasteiger partial charge is 0.508 e. The van der Waals surface area contributed by atoms with E-state index in [1.54, 1.807) is 12.1 Å². The minimum Gasteiger partial charge on any atom is -0.508 e. The lowest BCUT2D eigenvalue weighted by Crippen LogP contribution is -2.58. The molecule has 3 aromatic rings. The van der Waals surface area contributed by atoms with Crippen LogP contribution in [0.25, 0.3) is 5.57 Å². The molecule has 4 aliphatic rings. The number of aromatic hydroxyl groups is 1. The van der Waals surface area contributed by atoms with Crippen LogP contribution >= 0.6 is 0 Å². The molecule has 0 bridgehead atoms. The fraction of sp³-hybridized carbons (Fsp3) is 0.316. The number of fused-ring (bicyclic) bond motifs is 4. The van der Waals surface area contributed by atoms with Crippen molar-refractivity contribution in [3.8, 4) is 5.75 Å². The van der Waals surface area contributed by atoms with Gasteiger partial charge >= 0.3 is 0 Å². The van der Waals surface area contributed by atoms with Crippen molar-refractivity contribution in [3.63, 3.8) is 0 Å². The number of imide groups is 1. The zero-order valence-electron chi connectivity index (χ0n) is 25.1. The summed E-state index contributed by atoms with van der Waals surface area (Å²) in [6.45, 7) is 5.61. The molecule has 6 nitrogen and oxygen atoms in total. The topological polar surface area (TPSA) is 91.8 Å². The maximum atomic E-state index is 14.9. The number of allylic oxidation sites excluding steroid dienone is 4. The van der Waals surface area contributed by atoms with E-state index in [-0.39, 0.29) is 35.6 Å². The molecule has 7 rings (SSSR count). The highest BCUT2D eigenvalue weighted by Crippen LogP contribution is 2.63. The lowest BCUT2D eigenvalue weighted by molar-refractivity contribution is -0.145. The molecule has 1 heterocycles. The van der Waals surface area contributed by atoms with Crippen molar-refractivity contribution in [1.82, 2.24) is 4.90 Å². The minimum atomic E-state index is -1.27. The van der Waals surface area contributed by atoms with Gasteiger partial charge in [-0.2, -0.15) is 0 Å². The number of Topliss-reactive ketones (excluding diaryl/α,β-unsaturated/α-hetero) is 1. The molecule has 44 heavy (non-hydrogen) atoms. The van der Waals surface area contributed by atoms with E-state index in [9.17, 15) is 24.3 Å². The van der Waals surface area contributed by atoms with Gasteiger partial charge in [-0.05, 0) is 74.4 Å². The van der Waals surface area contributed by atoms with Crippen LogP contribution in [0.1, 0.15) is 56.2 Å². The van der Waals surface area contributed by atoms with E-state index < -0.39 is 40.5 Å². The van der Waals surface area contributed by atoms with Crippen molar-refractivity contribution in [2.24, 2.45) is 23.7 Å². The van der Waals surface area contributed by atoms with Crippen LogP contribution in [-0.4, -0.2) is 38.9 Å². The van der Waals surface area contributed by atoms with Gasteiger partial charge in [-0.3, -0.25) is 24.1 Å². The summed E-state index contributed by atoms with van der Waals surface area (Å²) >= 11 is 0. The lowest BCUT2D eigenvalue weighted by Gasteiger charge is -2.55. The van der Waals surface area contributed by atoms with E-state index in [0.29, 0.717) is 17.6 Å². The number of ketones is 2. The number of hydrogen-bond donors (Lipinski definition) is 1. The van der Waals surface area contributed by atoms with Gasteiger partial charge in [0.05, 0.1) is 17.3 Å². The summed E-state index contributed by atoms with van der Waals surface area (Å²) in [6.07, 6.45) is 4.26. The highest BCUT2D eigenvalue weighted by Gasteiger charge is 2.66. The van der Waals surface area contributed by atoms with E-state index in [1.807, 2.05) is 93.6 Å². The fourth-order valence-electron chi connectivity index (χ4n) is 8.58. The maximum absolute atomic E-state index is 14.9. The van der Waals surface area contributed by atoms with Crippen molar-refractivity contribution in [2.45, 2.75) is 50.5 Å². The minimum absolute atomic E-state index is 0.0961. The van der Waals surface area contributed by atoms with Gasteiger partial charge < -0.3 is 5.11 Å². The molecule has 6 heteroatoms. The number of phenolic OH excluding ortho intramolecular Hbond substituents is 1. The Morgan fingerprint density at radius 2 is 1.43 bits per heavy atom. The average molecular weight is 586 g/mol. The summed E-state index contributed by atoms with van der Waals surface area (Å²) < 4.78 is 0. The molecular formula is C38H35NO5. The number of rotatable bonds is 3. The predicted octanol–water partition coefficient (Wildman–Crippen LogP) is 6.02. The van der Waals surface area contributed by atoms with Gasteiger partial charge in [-0.15, -0.1) is 0 Å². The Balaban J connectivity index is 1.49. The quantitative estimate of drug-likeness (QED) is 0.300. The summed E-state index contributed by atoms with van der Waals surface area (Å²) in [6, 6.07) is 25.6. The smallest absolute Gasteiger partial charge is 0.234 e. The van der Waals surface area contributed by atoms with Gasteiger partial charge in [0.15, 0.2) is 11.6 Å². The summed E-state index contributed by atoms with van der Waals surface area (Å²) in [7, 11) is 0. The third-order valence-electron chi connectivity index (χ3n) is 10.3. The van der Waals surface area contributed by atoms with Crippen LogP contribution in [-0.2, 0) is 24.6 Å². The zero-order chi connectivity index (χ0) is 31.0. The van der Waals surface area contributed by atoms with Gasteiger partial charge in [0.2, 0.25) is 11.8 Å². The van der Waals surface area contributed by atoms with Crippen LogP contribution < -0.4 is 0 Å². The molecule has 2 fully saturated rings. The molecule has 1 saturated heterocycles. The summed E-state index contributed by atoms with van der Waals surface area (Å²) in [5, 5.41) is 10.2. The monoisotopic (exact) mass is 585 g/mol. The Kier molecular flexibility index (Phi) is 6.40. The third-order valence-corrected chi connectivity index (χ3v) is 10.3. The molecule has 1 aliphatic heterocycles. The highest BCUT2D eigenvalue weighted by atomic mass is 16.3. The number of benzene rings is 3. The standard InChI is InChI=1S/C38H35NO5/c1-37(2,3)39-35(43)27-19-18-26-29(32(27)36(39)44)20-30-34(42)28(22-10-6-4-7-11-22)21-31(41)38(30,24-12-8-5-9-13-24)33(26)23-14-16-25(40)17-15-23/h4-18,21,27,29-30,32-33,40H,19-20H2,1-3H3/t27-,29+,30-,32-,33-,38-/m0/s1. The molecule has 1 saturated carbocycles. The first-order valence-corrected chi connectivity index (χ1v) is 15.3. The van der Waals surface area contributed by atoms with E-state index in [1.165, 1.54) is 11.0 Å². The molecule has 0 spiro atoms. The van der Waals surface area contributed by atoms with E-state index in [2.05, 4.69) is 6.08 Å². The Hall–Kier alpha value is -4.58. The summed E-state index contributed by atoms with van der Waals surface area (Å²) in [5.74, 6) is -3.42. The van der Waals surface area contributed by atoms with Crippen LogP contribution in [0, 0.1) is 23.7 Å². The van der Waals surface area contributed by atoms with Crippen LogP contribution in [0.5, 0.6) is 5.75 Å². The third kappa shape index (κ3) is 3.93. The molecule has 6 atom stereocenters. The number of carbonyl (C=O) groups excluding carboxylic acids is 4. The summed E-state index contributed by atoms with van der Waals surface area (Å²) in [4.78, 5) is 59.0. The van der Waals surface area contributed by atoms with Crippen molar-refractivity contribution in [1.29, 1.82) is 0 Å². The fourth-order valence-corrected chi connectivity index (χ4v) is 8.58. The summed E-state index contributed by atoms with van der Waals surface area (Å²) in [5.41, 5.74) is 1.57. The van der Waals surface area contributed by atoms with Crippen molar-refractivity contribution < 1.29 is 24.3 Å². The number of hydrogen-bond acceptors (Lipinski definition) is 5. The molecule has 3 aliphatic carbocycles. The Morgan fingerprint density at radius 1 is 0.795 bits per heavy atom. The van der Waals surface area contributed by atoms with Crippen LogP contribution in [0.2, 0.25) is 0 Å². The number of amides is 2. The zero-order valence-corrected chi connectivity index (χ0v) is 25.1. The number of carbonyl (C=O) groups is 4. The molecule has 3 aromatic carbocycles. The number of phenols is 1. The second-order valence-corrected chi connectivity index (χ2v) is 13.6. The van der Waals surface area contributed by atoms with Gasteiger partial charge in [0.1, 0.15) is 5.75 Å². The first-order chi connectivity index (χ1) is 21.0. The van der Waals surface area contributed by atoms with E-state index >= 15 is 0 Å². The van der Waals surface area contributed by atoms with Gasteiger partial charge in [0, 0.05) is 22.9 Å². The Labute approximate surface area is 257 Å². The van der Waals surface area contributed by atoms with Crippen LogP contribution in [0.3, 0.4) is 0 Å².